The summed E-state index contributed by atoms with van der Waals surface area (Å²) in [6, 6.07) is 19.5. The molecule has 4 aromatic rings. The third-order valence-electron chi connectivity index (χ3n) is 3.84. The van der Waals surface area contributed by atoms with Gasteiger partial charge in [-0.05, 0) is 40.3 Å². The number of fused-ring (bicyclic) bond motifs is 2. The molecule has 21 heavy (non-hydrogen) atoms. The smallest absolute Gasteiger partial charge is 0.0454 e. The molecule has 2 aromatic heterocycles. The van der Waals surface area contributed by atoms with Gasteiger partial charge in [-0.15, -0.1) is 22.7 Å². The maximum absolute atomic E-state index is 6.46. The van der Waals surface area contributed by atoms with Crippen molar-refractivity contribution in [2.75, 3.05) is 0 Å². The van der Waals surface area contributed by atoms with E-state index in [0.717, 1.165) is 6.42 Å². The SMILES string of the molecule is NC(Cc1cccc2ccccc12)c1cc2sccc2s1. The highest BCUT2D eigenvalue weighted by atomic mass is 32.1. The largest absolute Gasteiger partial charge is 0.323 e. The minimum Gasteiger partial charge on any atom is -0.323 e. The van der Waals surface area contributed by atoms with Gasteiger partial charge in [0.15, 0.2) is 0 Å². The molecule has 0 saturated carbocycles. The van der Waals surface area contributed by atoms with E-state index >= 15 is 0 Å². The fourth-order valence-corrected chi connectivity index (χ4v) is 4.90. The van der Waals surface area contributed by atoms with Gasteiger partial charge in [-0.2, -0.15) is 0 Å². The van der Waals surface area contributed by atoms with E-state index in [2.05, 4.69) is 60.0 Å². The first-order chi connectivity index (χ1) is 10.3. The van der Waals surface area contributed by atoms with E-state index in [4.69, 9.17) is 5.73 Å². The van der Waals surface area contributed by atoms with Gasteiger partial charge in [0.2, 0.25) is 0 Å². The molecule has 1 unspecified atom stereocenters. The molecule has 0 aliphatic heterocycles. The summed E-state index contributed by atoms with van der Waals surface area (Å²) in [5.41, 5.74) is 7.79. The van der Waals surface area contributed by atoms with Gasteiger partial charge >= 0.3 is 0 Å². The van der Waals surface area contributed by atoms with Crippen molar-refractivity contribution >= 4 is 42.8 Å². The molecule has 0 aliphatic rings. The molecule has 0 saturated heterocycles. The molecule has 3 heteroatoms. The summed E-state index contributed by atoms with van der Waals surface area (Å²) in [5, 5.41) is 4.74. The Morgan fingerprint density at radius 1 is 0.952 bits per heavy atom. The third-order valence-corrected chi connectivity index (χ3v) is 6.07. The maximum Gasteiger partial charge on any atom is 0.0454 e. The quantitative estimate of drug-likeness (QED) is 0.542. The monoisotopic (exact) mass is 309 g/mol. The predicted octanol–water partition coefficient (Wildman–Crippen LogP) is 5.36. The molecule has 2 N–H and O–H groups in total. The number of nitrogens with two attached hydrogens (primary N) is 1. The second kappa shape index (κ2) is 5.26. The van der Waals surface area contributed by atoms with Gasteiger partial charge in [0.05, 0.1) is 0 Å². The molecular weight excluding hydrogens is 294 g/mol. The summed E-state index contributed by atoms with van der Waals surface area (Å²) in [6.45, 7) is 0. The van der Waals surface area contributed by atoms with Crippen molar-refractivity contribution in [1.29, 1.82) is 0 Å². The van der Waals surface area contributed by atoms with Crippen molar-refractivity contribution < 1.29 is 0 Å². The van der Waals surface area contributed by atoms with Gasteiger partial charge < -0.3 is 5.73 Å². The molecule has 2 heterocycles. The molecular formula is C18H15NS2. The molecule has 2 aromatic carbocycles. The first kappa shape index (κ1) is 13.0. The van der Waals surface area contributed by atoms with Crippen molar-refractivity contribution in [2.24, 2.45) is 5.73 Å². The number of rotatable bonds is 3. The topological polar surface area (TPSA) is 26.0 Å². The lowest BCUT2D eigenvalue weighted by molar-refractivity contribution is 0.741. The van der Waals surface area contributed by atoms with E-state index in [-0.39, 0.29) is 6.04 Å². The number of hydrogen-bond acceptors (Lipinski definition) is 3. The second-order valence-corrected chi connectivity index (χ2v) is 7.31. The Hall–Kier alpha value is -1.68. The highest BCUT2D eigenvalue weighted by Crippen LogP contribution is 2.34. The standard InChI is InChI=1S/C18H15NS2/c19-15(17-11-18-16(21-17)8-9-20-18)10-13-6-3-5-12-4-1-2-7-14(12)13/h1-9,11,15H,10,19H2. The van der Waals surface area contributed by atoms with Gasteiger partial charge in [-0.25, -0.2) is 0 Å². The van der Waals surface area contributed by atoms with Crippen LogP contribution in [0.5, 0.6) is 0 Å². The van der Waals surface area contributed by atoms with Crippen LogP contribution in [0.15, 0.2) is 60.0 Å². The molecule has 0 fully saturated rings. The normalized spacial score (nSPS) is 13.0. The van der Waals surface area contributed by atoms with Crippen LogP contribution < -0.4 is 5.73 Å². The lowest BCUT2D eigenvalue weighted by atomic mass is 9.98. The first-order valence-electron chi connectivity index (χ1n) is 7.00. The highest BCUT2D eigenvalue weighted by Gasteiger charge is 2.13. The summed E-state index contributed by atoms with van der Waals surface area (Å²) in [4.78, 5) is 1.28. The summed E-state index contributed by atoms with van der Waals surface area (Å²) >= 11 is 3.61. The molecule has 0 amide bonds. The lowest BCUT2D eigenvalue weighted by Crippen LogP contribution is -2.11. The van der Waals surface area contributed by atoms with Crippen molar-refractivity contribution in [3.63, 3.8) is 0 Å². The van der Waals surface area contributed by atoms with Crippen LogP contribution in [-0.4, -0.2) is 0 Å². The van der Waals surface area contributed by atoms with Gasteiger partial charge in [0.1, 0.15) is 0 Å². The van der Waals surface area contributed by atoms with Crippen molar-refractivity contribution in [3.05, 3.63) is 70.4 Å². The fraction of sp³-hybridized carbons (Fsp3) is 0.111. The molecule has 4 rings (SSSR count). The average Bonchev–Trinajstić information content (AvgIpc) is 3.09. The van der Waals surface area contributed by atoms with Crippen LogP contribution in [0.1, 0.15) is 16.5 Å². The maximum atomic E-state index is 6.46. The van der Waals surface area contributed by atoms with E-state index in [9.17, 15) is 0 Å². The summed E-state index contributed by atoms with van der Waals surface area (Å²) in [6.07, 6.45) is 0.884. The Balaban J connectivity index is 1.69. The summed E-state index contributed by atoms with van der Waals surface area (Å²) < 4.78 is 2.70. The van der Waals surface area contributed by atoms with Crippen LogP contribution in [0.2, 0.25) is 0 Å². The van der Waals surface area contributed by atoms with Crippen LogP contribution in [0.3, 0.4) is 0 Å². The van der Waals surface area contributed by atoms with E-state index in [1.807, 2.05) is 11.3 Å². The Kier molecular flexibility index (Phi) is 3.26. The number of thiophene rings is 2. The molecule has 104 valence electrons. The molecule has 0 aliphatic carbocycles. The zero-order valence-electron chi connectivity index (χ0n) is 11.5. The Morgan fingerprint density at radius 3 is 2.71 bits per heavy atom. The molecule has 1 nitrogen and oxygen atoms in total. The summed E-state index contributed by atoms with van der Waals surface area (Å²) in [5.74, 6) is 0. The van der Waals surface area contributed by atoms with Crippen molar-refractivity contribution in [3.8, 4) is 0 Å². The van der Waals surface area contributed by atoms with Gasteiger partial charge in [-0.3, -0.25) is 0 Å². The average molecular weight is 309 g/mol. The predicted molar refractivity (Wildman–Crippen MR) is 94.3 cm³/mol. The Bertz CT molecular complexity index is 870. The van der Waals surface area contributed by atoms with Crippen LogP contribution >= 0.6 is 22.7 Å². The highest BCUT2D eigenvalue weighted by molar-refractivity contribution is 7.26. The third kappa shape index (κ3) is 2.38. The second-order valence-electron chi connectivity index (χ2n) is 5.25. The molecule has 1 atom stereocenters. The number of hydrogen-bond donors (Lipinski definition) is 1. The zero-order chi connectivity index (χ0) is 14.2. The van der Waals surface area contributed by atoms with Crippen LogP contribution in [-0.2, 0) is 6.42 Å². The van der Waals surface area contributed by atoms with Gasteiger partial charge in [-0.1, -0.05) is 42.5 Å². The van der Waals surface area contributed by atoms with Gasteiger partial charge in [0.25, 0.3) is 0 Å². The van der Waals surface area contributed by atoms with Crippen molar-refractivity contribution in [1.82, 2.24) is 0 Å². The van der Waals surface area contributed by atoms with Gasteiger partial charge in [0, 0.05) is 20.3 Å². The van der Waals surface area contributed by atoms with Crippen LogP contribution in [0.25, 0.3) is 20.2 Å². The lowest BCUT2D eigenvalue weighted by Gasteiger charge is -2.12. The minimum absolute atomic E-state index is 0.0698. The van der Waals surface area contributed by atoms with Crippen molar-refractivity contribution in [2.45, 2.75) is 12.5 Å². The Morgan fingerprint density at radius 2 is 1.81 bits per heavy atom. The fourth-order valence-electron chi connectivity index (χ4n) is 2.78. The summed E-state index contributed by atoms with van der Waals surface area (Å²) in [7, 11) is 0. The van der Waals surface area contributed by atoms with E-state index in [1.54, 1.807) is 11.3 Å². The molecule has 0 spiro atoms. The molecule has 0 bridgehead atoms. The molecule has 0 radical (unpaired) electrons. The van der Waals surface area contributed by atoms with E-state index in [1.165, 1.54) is 30.6 Å². The van der Waals surface area contributed by atoms with E-state index in [0.29, 0.717) is 0 Å². The van der Waals surface area contributed by atoms with Crippen LogP contribution in [0.4, 0.5) is 0 Å². The number of benzene rings is 2. The Labute approximate surface area is 131 Å². The zero-order valence-corrected chi connectivity index (χ0v) is 13.1. The first-order valence-corrected chi connectivity index (χ1v) is 8.70. The minimum atomic E-state index is 0.0698. The van der Waals surface area contributed by atoms with E-state index < -0.39 is 0 Å². The van der Waals surface area contributed by atoms with Crippen LogP contribution in [0, 0.1) is 0 Å².